The molecule has 0 spiro atoms. The van der Waals surface area contributed by atoms with Gasteiger partial charge in [0.15, 0.2) is 0 Å². The van der Waals surface area contributed by atoms with Crippen molar-refractivity contribution < 1.29 is 14.6 Å². The van der Waals surface area contributed by atoms with E-state index >= 15 is 0 Å². The molecule has 1 aliphatic heterocycles. The van der Waals surface area contributed by atoms with Crippen molar-refractivity contribution in [2.75, 3.05) is 0 Å². The summed E-state index contributed by atoms with van der Waals surface area (Å²) in [7, 11) is 0. The van der Waals surface area contributed by atoms with E-state index in [1.165, 1.54) is 6.92 Å². The number of piperidine rings is 1. The Bertz CT molecular complexity index is 936. The van der Waals surface area contributed by atoms with E-state index in [4.69, 9.17) is 4.74 Å². The zero-order chi connectivity index (χ0) is 22.6. The van der Waals surface area contributed by atoms with E-state index in [-0.39, 0.29) is 28.8 Å². The van der Waals surface area contributed by atoms with Crippen LogP contribution in [-0.2, 0) is 11.2 Å². The highest BCUT2D eigenvalue weighted by Gasteiger charge is 2.38. The molecular weight excluding hydrogens is 392 g/mol. The Morgan fingerprint density at radius 3 is 2.52 bits per heavy atom. The van der Waals surface area contributed by atoms with Gasteiger partial charge in [0.05, 0.1) is 5.69 Å². The third-order valence-corrected chi connectivity index (χ3v) is 5.18. The second kappa shape index (κ2) is 9.06. The highest BCUT2D eigenvalue weighted by molar-refractivity contribution is 5.73. The number of allylic oxidation sites excluding steroid dienone is 1. The normalized spacial score (nSPS) is 18.1. The van der Waals surface area contributed by atoms with Gasteiger partial charge in [-0.1, -0.05) is 12.1 Å². The van der Waals surface area contributed by atoms with Gasteiger partial charge in [-0.25, -0.2) is 0 Å². The summed E-state index contributed by atoms with van der Waals surface area (Å²) >= 11 is 0. The lowest BCUT2D eigenvalue weighted by Crippen LogP contribution is -2.60. The van der Waals surface area contributed by atoms with Gasteiger partial charge in [-0.05, 0) is 57.9 Å². The molecule has 1 aliphatic rings. The first kappa shape index (κ1) is 22.7. The van der Waals surface area contributed by atoms with Crippen LogP contribution in [-0.4, -0.2) is 38.4 Å². The number of nitrogens with zero attached hydrogens (tertiary/aromatic N) is 2. The molecule has 0 unspecified atom stereocenters. The van der Waals surface area contributed by atoms with Gasteiger partial charge in [0, 0.05) is 48.7 Å². The van der Waals surface area contributed by atoms with E-state index in [1.54, 1.807) is 18.3 Å². The highest BCUT2D eigenvalue weighted by atomic mass is 16.5. The molecule has 0 atom stereocenters. The van der Waals surface area contributed by atoms with Crippen LogP contribution in [0.15, 0.2) is 42.6 Å². The summed E-state index contributed by atoms with van der Waals surface area (Å²) < 4.78 is 6.14. The molecule has 1 aromatic carbocycles. The number of phenolic OH excluding ortho intramolecular Hbond substituents is 1. The number of hydrogen-bond acceptors (Lipinski definition) is 6. The number of rotatable bonds is 6. The summed E-state index contributed by atoms with van der Waals surface area (Å²) in [5.74, 6) is 0.507. The highest BCUT2D eigenvalue weighted by Crippen LogP contribution is 2.32. The first-order valence-electron chi connectivity index (χ1n) is 10.6. The number of carbonyl (C=O) groups excluding carboxylic acids is 1. The molecule has 2 heterocycles. The number of phenols is 1. The van der Waals surface area contributed by atoms with Gasteiger partial charge in [-0.3, -0.25) is 4.79 Å². The molecule has 0 radical (unpaired) electrons. The van der Waals surface area contributed by atoms with Crippen LogP contribution >= 0.6 is 0 Å². The summed E-state index contributed by atoms with van der Waals surface area (Å²) in [4.78, 5) is 10.9. The van der Waals surface area contributed by atoms with Crippen molar-refractivity contribution in [3.05, 3.63) is 48.2 Å². The number of aromatic hydroxyl groups is 1. The predicted octanol–water partition coefficient (Wildman–Crippen LogP) is 3.73. The molecule has 31 heavy (non-hydrogen) atoms. The second-order valence-electron chi connectivity index (χ2n) is 9.46. The molecule has 3 N–H and O–H groups in total. The Labute approximate surface area is 183 Å². The number of carbonyl (C=O) groups is 1. The molecule has 1 amide bonds. The lowest BCUT2D eigenvalue weighted by atomic mass is 9.81. The minimum Gasteiger partial charge on any atom is -0.507 e. The number of nitrogens with one attached hydrogen (secondary N) is 2. The van der Waals surface area contributed by atoms with Gasteiger partial charge >= 0.3 is 0 Å². The van der Waals surface area contributed by atoms with E-state index in [0.29, 0.717) is 23.6 Å². The summed E-state index contributed by atoms with van der Waals surface area (Å²) in [6, 6.07) is 8.96. The molecule has 7 heteroatoms. The maximum Gasteiger partial charge on any atom is 0.233 e. The standard InChI is InChI=1S/C24H32N4O3/c1-16(29)25-12-6-7-17-8-10-21(30)19(13-17)20-9-11-22(27-26-20)31-18-14-23(2,3)28-24(4,5)15-18/h6,8-13,18,28,30H,7,14-15H2,1-5H3,(H,25,29)/b12-6-. The number of aromatic nitrogens is 2. The molecule has 7 nitrogen and oxygen atoms in total. The van der Waals surface area contributed by atoms with Crippen LogP contribution in [0.4, 0.5) is 0 Å². The van der Waals surface area contributed by atoms with Gasteiger partial charge in [0.1, 0.15) is 11.9 Å². The fourth-order valence-corrected chi connectivity index (χ4v) is 4.30. The van der Waals surface area contributed by atoms with Gasteiger partial charge in [-0.2, -0.15) is 0 Å². The Kier molecular flexibility index (Phi) is 6.65. The summed E-state index contributed by atoms with van der Waals surface area (Å²) in [5.41, 5.74) is 2.13. The van der Waals surface area contributed by atoms with Crippen molar-refractivity contribution in [1.29, 1.82) is 0 Å². The Balaban J connectivity index is 1.70. The molecule has 0 aliphatic carbocycles. The monoisotopic (exact) mass is 424 g/mol. The topological polar surface area (TPSA) is 96.4 Å². The van der Waals surface area contributed by atoms with Crippen LogP contribution in [0.5, 0.6) is 11.6 Å². The zero-order valence-electron chi connectivity index (χ0n) is 18.9. The molecule has 1 fully saturated rings. The largest absolute Gasteiger partial charge is 0.507 e. The Morgan fingerprint density at radius 2 is 1.90 bits per heavy atom. The van der Waals surface area contributed by atoms with Crippen molar-refractivity contribution in [3.63, 3.8) is 0 Å². The summed E-state index contributed by atoms with van der Waals surface area (Å²) in [6.07, 6.45) is 5.90. The van der Waals surface area contributed by atoms with E-state index in [9.17, 15) is 9.90 Å². The number of amides is 1. The van der Waals surface area contributed by atoms with Crippen LogP contribution in [0.3, 0.4) is 0 Å². The molecule has 0 saturated carbocycles. The van der Waals surface area contributed by atoms with E-state index in [1.807, 2.05) is 24.3 Å². The lowest BCUT2D eigenvalue weighted by Gasteiger charge is -2.46. The SMILES string of the molecule is CC(=O)N/C=C\Cc1ccc(O)c(-c2ccc(OC3CC(C)(C)NC(C)(C)C3)nn2)c1. The maximum absolute atomic E-state index is 10.9. The zero-order valence-corrected chi connectivity index (χ0v) is 18.9. The molecule has 0 bridgehead atoms. The number of hydrogen-bond donors (Lipinski definition) is 3. The van der Waals surface area contributed by atoms with Crippen molar-refractivity contribution in [2.24, 2.45) is 0 Å². The van der Waals surface area contributed by atoms with Crippen molar-refractivity contribution in [2.45, 2.75) is 71.1 Å². The fraction of sp³-hybridized carbons (Fsp3) is 0.458. The third kappa shape index (κ3) is 6.52. The first-order chi connectivity index (χ1) is 14.5. The van der Waals surface area contributed by atoms with Gasteiger partial charge in [0.2, 0.25) is 11.8 Å². The molecule has 3 rings (SSSR count). The van der Waals surface area contributed by atoms with Crippen molar-refractivity contribution in [3.8, 4) is 22.9 Å². The number of benzene rings is 1. The van der Waals surface area contributed by atoms with Crippen LogP contribution in [0.25, 0.3) is 11.3 Å². The van der Waals surface area contributed by atoms with E-state index in [0.717, 1.165) is 18.4 Å². The van der Waals surface area contributed by atoms with E-state index in [2.05, 4.69) is 48.5 Å². The molecule has 1 saturated heterocycles. The number of ether oxygens (including phenoxy) is 1. The van der Waals surface area contributed by atoms with Crippen LogP contribution < -0.4 is 15.4 Å². The average molecular weight is 425 g/mol. The smallest absolute Gasteiger partial charge is 0.233 e. The fourth-order valence-electron chi connectivity index (χ4n) is 4.30. The molecule has 1 aromatic heterocycles. The van der Waals surface area contributed by atoms with Crippen molar-refractivity contribution >= 4 is 5.91 Å². The van der Waals surface area contributed by atoms with E-state index < -0.39 is 0 Å². The minimum atomic E-state index is -0.114. The Hall–Kier alpha value is -2.93. The third-order valence-electron chi connectivity index (χ3n) is 5.18. The Morgan fingerprint density at radius 1 is 1.19 bits per heavy atom. The van der Waals surface area contributed by atoms with Crippen LogP contribution in [0, 0.1) is 0 Å². The quantitative estimate of drug-likeness (QED) is 0.654. The van der Waals surface area contributed by atoms with Crippen LogP contribution in [0.1, 0.15) is 53.0 Å². The minimum absolute atomic E-state index is 0.0135. The molecule has 2 aromatic rings. The summed E-state index contributed by atoms with van der Waals surface area (Å²) in [5, 5.41) is 25.1. The molecular formula is C24H32N4O3. The first-order valence-corrected chi connectivity index (χ1v) is 10.6. The van der Waals surface area contributed by atoms with Gasteiger partial charge < -0.3 is 20.5 Å². The second-order valence-corrected chi connectivity index (χ2v) is 9.46. The molecule has 166 valence electrons. The van der Waals surface area contributed by atoms with Crippen LogP contribution in [0.2, 0.25) is 0 Å². The summed E-state index contributed by atoms with van der Waals surface area (Å²) in [6.45, 7) is 10.2. The lowest BCUT2D eigenvalue weighted by molar-refractivity contribution is -0.118. The van der Waals surface area contributed by atoms with Gasteiger partial charge in [-0.15, -0.1) is 10.2 Å². The predicted molar refractivity (Wildman–Crippen MR) is 121 cm³/mol. The average Bonchev–Trinajstić information content (AvgIpc) is 2.64. The maximum atomic E-state index is 10.9. The van der Waals surface area contributed by atoms with Gasteiger partial charge in [0.25, 0.3) is 0 Å². The van der Waals surface area contributed by atoms with Crippen molar-refractivity contribution in [1.82, 2.24) is 20.8 Å².